The third-order valence-corrected chi connectivity index (χ3v) is 6.12. The molecule has 8 nitrogen and oxygen atoms in total. The molecule has 8 heteroatoms. The highest BCUT2D eigenvalue weighted by atomic mass is 16.7. The second-order valence-electron chi connectivity index (χ2n) is 8.62. The first-order valence-corrected chi connectivity index (χ1v) is 12.1. The summed E-state index contributed by atoms with van der Waals surface area (Å²) in [4.78, 5) is 12.7. The fraction of sp³-hybridized carbons (Fsp3) is 0.345. The summed E-state index contributed by atoms with van der Waals surface area (Å²) in [6.45, 7) is 0.600. The third-order valence-electron chi connectivity index (χ3n) is 6.12. The molecule has 1 aliphatic heterocycles. The van der Waals surface area contributed by atoms with Crippen LogP contribution in [0.15, 0.2) is 84.9 Å². The highest BCUT2D eigenvalue weighted by Gasteiger charge is 2.51. The highest BCUT2D eigenvalue weighted by molar-refractivity contribution is 5.75. The standard InChI is InChI=1S/C29H32O8/c1-32-23-15-13-22(14-16-23)19-35-25-24(34-17-20-9-5-3-6-10-20)26(29(31)37-27(25)28(30)33-2)36-18-21-11-7-4-8-12-21/h3-16,24-27,29,31H,17-19H2,1-2H3/t24-,25+,26+,27-,29?/m0/s1. The Kier molecular flexibility index (Phi) is 9.65. The van der Waals surface area contributed by atoms with Gasteiger partial charge in [0.25, 0.3) is 0 Å². The fourth-order valence-corrected chi connectivity index (χ4v) is 4.13. The zero-order valence-corrected chi connectivity index (χ0v) is 20.9. The molecule has 37 heavy (non-hydrogen) atoms. The number of hydrogen-bond acceptors (Lipinski definition) is 8. The van der Waals surface area contributed by atoms with Gasteiger partial charge in [0.05, 0.1) is 34.0 Å². The number of carbonyl (C=O) groups is 1. The summed E-state index contributed by atoms with van der Waals surface area (Å²) in [5.74, 6) is 0.0485. The molecule has 5 atom stereocenters. The van der Waals surface area contributed by atoms with Crippen molar-refractivity contribution < 1.29 is 38.3 Å². The van der Waals surface area contributed by atoms with Gasteiger partial charge in [-0.3, -0.25) is 0 Å². The normalized spacial score (nSPS) is 23.4. The van der Waals surface area contributed by atoms with Gasteiger partial charge in [0, 0.05) is 0 Å². The Bertz CT molecular complexity index is 1090. The minimum absolute atomic E-state index is 0.165. The van der Waals surface area contributed by atoms with Crippen molar-refractivity contribution in [3.63, 3.8) is 0 Å². The Morgan fingerprint density at radius 2 is 1.19 bits per heavy atom. The van der Waals surface area contributed by atoms with Gasteiger partial charge in [-0.25, -0.2) is 4.79 Å². The van der Waals surface area contributed by atoms with Crippen molar-refractivity contribution in [2.75, 3.05) is 14.2 Å². The van der Waals surface area contributed by atoms with E-state index in [0.717, 1.165) is 22.4 Å². The molecule has 0 spiro atoms. The number of aliphatic hydroxyl groups excluding tert-OH is 1. The molecule has 0 saturated carbocycles. The summed E-state index contributed by atoms with van der Waals surface area (Å²) in [6.07, 6.45) is -5.33. The quantitative estimate of drug-likeness (QED) is 0.393. The van der Waals surface area contributed by atoms with Crippen molar-refractivity contribution in [3.8, 4) is 5.75 Å². The van der Waals surface area contributed by atoms with Crippen LogP contribution in [-0.2, 0) is 48.3 Å². The second kappa shape index (κ2) is 13.3. The largest absolute Gasteiger partial charge is 0.497 e. The maximum atomic E-state index is 12.7. The molecule has 4 rings (SSSR count). The number of ether oxygens (including phenoxy) is 6. The van der Waals surface area contributed by atoms with Crippen molar-refractivity contribution in [1.82, 2.24) is 0 Å². The van der Waals surface area contributed by atoms with Crippen molar-refractivity contribution in [3.05, 3.63) is 102 Å². The lowest BCUT2D eigenvalue weighted by molar-refractivity contribution is -0.308. The lowest BCUT2D eigenvalue weighted by Gasteiger charge is -2.43. The van der Waals surface area contributed by atoms with Crippen molar-refractivity contribution >= 4 is 5.97 Å². The van der Waals surface area contributed by atoms with E-state index >= 15 is 0 Å². The molecule has 1 heterocycles. The monoisotopic (exact) mass is 508 g/mol. The molecule has 0 aromatic heterocycles. The molecule has 1 N–H and O–H groups in total. The van der Waals surface area contributed by atoms with E-state index in [0.29, 0.717) is 0 Å². The van der Waals surface area contributed by atoms with E-state index in [2.05, 4.69) is 0 Å². The number of carbonyl (C=O) groups excluding carboxylic acids is 1. The summed E-state index contributed by atoms with van der Waals surface area (Å²) in [5.41, 5.74) is 2.70. The van der Waals surface area contributed by atoms with E-state index in [1.807, 2.05) is 84.9 Å². The average Bonchev–Trinajstić information content (AvgIpc) is 2.95. The van der Waals surface area contributed by atoms with Crippen LogP contribution in [0.4, 0.5) is 0 Å². The minimum Gasteiger partial charge on any atom is -0.497 e. The van der Waals surface area contributed by atoms with E-state index in [4.69, 9.17) is 28.4 Å². The number of methoxy groups -OCH3 is 2. The summed E-state index contributed by atoms with van der Waals surface area (Å²) in [6, 6.07) is 26.6. The molecule has 3 aromatic rings. The predicted octanol–water partition coefficient (Wildman–Crippen LogP) is 3.64. The van der Waals surface area contributed by atoms with Crippen LogP contribution in [-0.4, -0.2) is 56.0 Å². The van der Waals surface area contributed by atoms with Crippen LogP contribution in [0, 0.1) is 0 Å². The van der Waals surface area contributed by atoms with Gasteiger partial charge in [0.1, 0.15) is 24.1 Å². The van der Waals surface area contributed by atoms with Crippen LogP contribution in [0.5, 0.6) is 5.75 Å². The van der Waals surface area contributed by atoms with Gasteiger partial charge in [-0.2, -0.15) is 0 Å². The van der Waals surface area contributed by atoms with Crippen LogP contribution in [0.1, 0.15) is 16.7 Å². The molecule has 0 amide bonds. The smallest absolute Gasteiger partial charge is 0.337 e. The van der Waals surface area contributed by atoms with Gasteiger partial charge in [0.2, 0.25) is 0 Å². The van der Waals surface area contributed by atoms with E-state index in [1.54, 1.807) is 7.11 Å². The van der Waals surface area contributed by atoms with E-state index in [9.17, 15) is 9.90 Å². The molecule has 1 fully saturated rings. The Morgan fingerprint density at radius 3 is 1.70 bits per heavy atom. The van der Waals surface area contributed by atoms with Crippen LogP contribution in [0.2, 0.25) is 0 Å². The summed E-state index contributed by atoms with van der Waals surface area (Å²) < 4.78 is 34.5. The first-order chi connectivity index (χ1) is 18.1. The molecular weight excluding hydrogens is 476 g/mol. The molecule has 0 radical (unpaired) electrons. The zero-order chi connectivity index (χ0) is 26.0. The molecule has 1 aliphatic rings. The lowest BCUT2D eigenvalue weighted by Crippen LogP contribution is -2.62. The number of rotatable bonds is 11. The topological polar surface area (TPSA) is 92.7 Å². The Morgan fingerprint density at radius 1 is 0.703 bits per heavy atom. The number of aliphatic hydroxyl groups is 1. The van der Waals surface area contributed by atoms with Gasteiger partial charge in [0.15, 0.2) is 12.4 Å². The highest BCUT2D eigenvalue weighted by Crippen LogP contribution is 2.30. The Balaban J connectivity index is 1.58. The lowest BCUT2D eigenvalue weighted by atomic mass is 9.97. The molecule has 0 aliphatic carbocycles. The maximum Gasteiger partial charge on any atom is 0.337 e. The third kappa shape index (κ3) is 7.15. The second-order valence-corrected chi connectivity index (χ2v) is 8.62. The van der Waals surface area contributed by atoms with Crippen LogP contribution < -0.4 is 4.74 Å². The first-order valence-electron chi connectivity index (χ1n) is 12.1. The number of hydrogen-bond donors (Lipinski definition) is 1. The summed E-state index contributed by atoms with van der Waals surface area (Å²) >= 11 is 0. The number of benzene rings is 3. The minimum atomic E-state index is -1.44. The van der Waals surface area contributed by atoms with E-state index in [-0.39, 0.29) is 19.8 Å². The van der Waals surface area contributed by atoms with Gasteiger partial charge in [-0.05, 0) is 28.8 Å². The number of esters is 1. The molecule has 3 aromatic carbocycles. The summed E-state index contributed by atoms with van der Waals surface area (Å²) in [5, 5.41) is 10.9. The molecule has 196 valence electrons. The van der Waals surface area contributed by atoms with Gasteiger partial charge >= 0.3 is 5.97 Å². The Labute approximate surface area is 216 Å². The SMILES string of the molecule is COC(=O)[C@H]1OC(O)[C@H](OCc2ccccc2)[C@@H](OCc2ccccc2)[C@H]1OCc1ccc(OC)cc1. The van der Waals surface area contributed by atoms with Gasteiger partial charge in [-0.1, -0.05) is 72.8 Å². The molecule has 0 bridgehead atoms. The van der Waals surface area contributed by atoms with Crippen LogP contribution in [0.3, 0.4) is 0 Å². The van der Waals surface area contributed by atoms with E-state index < -0.39 is 36.7 Å². The van der Waals surface area contributed by atoms with Gasteiger partial charge < -0.3 is 33.5 Å². The van der Waals surface area contributed by atoms with E-state index in [1.165, 1.54) is 7.11 Å². The Hall–Kier alpha value is -3.27. The maximum absolute atomic E-state index is 12.7. The fourth-order valence-electron chi connectivity index (χ4n) is 4.13. The van der Waals surface area contributed by atoms with Crippen molar-refractivity contribution in [1.29, 1.82) is 0 Å². The summed E-state index contributed by atoms with van der Waals surface area (Å²) in [7, 11) is 2.86. The molecule has 1 saturated heterocycles. The zero-order valence-electron chi connectivity index (χ0n) is 20.9. The van der Waals surface area contributed by atoms with Crippen LogP contribution in [0.25, 0.3) is 0 Å². The molecular formula is C29H32O8. The first kappa shape index (κ1) is 26.8. The average molecular weight is 509 g/mol. The van der Waals surface area contributed by atoms with Crippen molar-refractivity contribution in [2.24, 2.45) is 0 Å². The van der Waals surface area contributed by atoms with Crippen LogP contribution >= 0.6 is 0 Å². The molecule has 1 unspecified atom stereocenters. The predicted molar refractivity (Wildman–Crippen MR) is 135 cm³/mol. The van der Waals surface area contributed by atoms with Gasteiger partial charge in [-0.15, -0.1) is 0 Å². The van der Waals surface area contributed by atoms with Crippen molar-refractivity contribution in [2.45, 2.75) is 50.5 Å².